The molecular weight excluding hydrogens is 290 g/mol. The summed E-state index contributed by atoms with van der Waals surface area (Å²) >= 11 is 3.49. The number of ether oxygens (including phenoxy) is 1. The summed E-state index contributed by atoms with van der Waals surface area (Å²) in [5, 5.41) is 3.40. The van der Waals surface area contributed by atoms with E-state index >= 15 is 0 Å². The first-order chi connectivity index (χ1) is 8.67. The SMILES string of the molecule is C#CCC(C)NCc1cc(Br)ccc1OCCC. The fourth-order valence-electron chi connectivity index (χ4n) is 1.57. The number of hydrogen-bond acceptors (Lipinski definition) is 2. The van der Waals surface area contributed by atoms with Crippen LogP contribution in [0.5, 0.6) is 5.75 Å². The Labute approximate surface area is 118 Å². The summed E-state index contributed by atoms with van der Waals surface area (Å²) in [4.78, 5) is 0. The van der Waals surface area contributed by atoms with Gasteiger partial charge in [-0.15, -0.1) is 12.3 Å². The van der Waals surface area contributed by atoms with E-state index in [-0.39, 0.29) is 0 Å². The quantitative estimate of drug-likeness (QED) is 0.775. The molecule has 0 fully saturated rings. The maximum atomic E-state index is 5.73. The molecule has 0 amide bonds. The number of nitrogens with one attached hydrogen (secondary N) is 1. The normalized spacial score (nSPS) is 11.9. The van der Waals surface area contributed by atoms with Crippen LogP contribution in [0, 0.1) is 12.3 Å². The van der Waals surface area contributed by atoms with Gasteiger partial charge in [-0.05, 0) is 31.5 Å². The van der Waals surface area contributed by atoms with Gasteiger partial charge < -0.3 is 10.1 Å². The zero-order valence-electron chi connectivity index (χ0n) is 11.0. The highest BCUT2D eigenvalue weighted by atomic mass is 79.9. The van der Waals surface area contributed by atoms with Crippen molar-refractivity contribution in [1.82, 2.24) is 5.32 Å². The molecule has 1 aromatic rings. The van der Waals surface area contributed by atoms with E-state index in [0.717, 1.165) is 41.8 Å². The van der Waals surface area contributed by atoms with Crippen molar-refractivity contribution < 1.29 is 4.74 Å². The number of hydrogen-bond donors (Lipinski definition) is 1. The minimum absolute atomic E-state index is 0.313. The molecule has 0 aromatic heterocycles. The van der Waals surface area contributed by atoms with E-state index in [1.54, 1.807) is 0 Å². The first-order valence-corrected chi connectivity index (χ1v) is 7.04. The summed E-state index contributed by atoms with van der Waals surface area (Å²) in [5.74, 6) is 3.61. The molecule has 0 aliphatic heterocycles. The third-order valence-corrected chi connectivity index (χ3v) is 3.04. The highest BCUT2D eigenvalue weighted by molar-refractivity contribution is 9.10. The fraction of sp³-hybridized carbons (Fsp3) is 0.467. The molecule has 1 aromatic carbocycles. The van der Waals surface area contributed by atoms with Crippen LogP contribution in [0.2, 0.25) is 0 Å². The lowest BCUT2D eigenvalue weighted by atomic mass is 10.1. The minimum Gasteiger partial charge on any atom is -0.493 e. The smallest absolute Gasteiger partial charge is 0.123 e. The second-order valence-corrected chi connectivity index (χ2v) is 5.21. The topological polar surface area (TPSA) is 21.3 Å². The van der Waals surface area contributed by atoms with Crippen molar-refractivity contribution in [3.05, 3.63) is 28.2 Å². The molecule has 98 valence electrons. The Morgan fingerprint density at radius 2 is 2.28 bits per heavy atom. The molecule has 0 aliphatic carbocycles. The predicted molar refractivity (Wildman–Crippen MR) is 79.7 cm³/mol. The van der Waals surface area contributed by atoms with Gasteiger partial charge in [0.15, 0.2) is 0 Å². The van der Waals surface area contributed by atoms with Gasteiger partial charge in [0.05, 0.1) is 6.61 Å². The molecule has 0 heterocycles. The Morgan fingerprint density at radius 3 is 2.94 bits per heavy atom. The van der Waals surface area contributed by atoms with E-state index in [9.17, 15) is 0 Å². The van der Waals surface area contributed by atoms with Crippen molar-refractivity contribution in [3.8, 4) is 18.1 Å². The van der Waals surface area contributed by atoms with Gasteiger partial charge in [0.25, 0.3) is 0 Å². The molecule has 0 saturated carbocycles. The Hall–Kier alpha value is -0.980. The van der Waals surface area contributed by atoms with Crippen LogP contribution in [0.1, 0.15) is 32.3 Å². The third kappa shape index (κ3) is 5.12. The van der Waals surface area contributed by atoms with Crippen LogP contribution in [0.4, 0.5) is 0 Å². The van der Waals surface area contributed by atoms with E-state index in [0.29, 0.717) is 6.04 Å². The van der Waals surface area contributed by atoms with E-state index in [2.05, 4.69) is 47.1 Å². The molecule has 0 aliphatic rings. The average Bonchev–Trinajstić information content (AvgIpc) is 2.35. The van der Waals surface area contributed by atoms with E-state index in [1.165, 1.54) is 0 Å². The lowest BCUT2D eigenvalue weighted by Gasteiger charge is -2.15. The van der Waals surface area contributed by atoms with Gasteiger partial charge in [-0.25, -0.2) is 0 Å². The maximum Gasteiger partial charge on any atom is 0.123 e. The van der Waals surface area contributed by atoms with E-state index in [4.69, 9.17) is 11.2 Å². The highest BCUT2D eigenvalue weighted by Crippen LogP contribution is 2.23. The molecule has 0 saturated heterocycles. The fourth-order valence-corrected chi connectivity index (χ4v) is 1.98. The predicted octanol–water partition coefficient (Wildman–Crippen LogP) is 3.74. The Kier molecular flexibility index (Phi) is 6.85. The summed E-state index contributed by atoms with van der Waals surface area (Å²) in [5.41, 5.74) is 1.15. The van der Waals surface area contributed by atoms with Crippen molar-refractivity contribution in [1.29, 1.82) is 0 Å². The lowest BCUT2D eigenvalue weighted by Crippen LogP contribution is -2.25. The third-order valence-electron chi connectivity index (χ3n) is 2.55. The molecule has 0 bridgehead atoms. The monoisotopic (exact) mass is 309 g/mol. The van der Waals surface area contributed by atoms with Gasteiger partial charge in [-0.1, -0.05) is 22.9 Å². The van der Waals surface area contributed by atoms with Crippen molar-refractivity contribution in [2.75, 3.05) is 6.61 Å². The maximum absolute atomic E-state index is 5.73. The molecule has 1 rings (SSSR count). The van der Waals surface area contributed by atoms with Crippen LogP contribution >= 0.6 is 15.9 Å². The number of terminal acetylenes is 1. The minimum atomic E-state index is 0.313. The molecule has 0 radical (unpaired) electrons. The molecule has 1 unspecified atom stereocenters. The Morgan fingerprint density at radius 1 is 1.50 bits per heavy atom. The van der Waals surface area contributed by atoms with Crippen LogP contribution in [0.15, 0.2) is 22.7 Å². The van der Waals surface area contributed by atoms with Crippen LogP contribution in [-0.2, 0) is 6.54 Å². The second kappa shape index (κ2) is 8.18. The van der Waals surface area contributed by atoms with Crippen molar-refractivity contribution in [3.63, 3.8) is 0 Å². The largest absolute Gasteiger partial charge is 0.493 e. The van der Waals surface area contributed by atoms with Crippen LogP contribution < -0.4 is 10.1 Å². The number of halogens is 1. The molecule has 3 heteroatoms. The highest BCUT2D eigenvalue weighted by Gasteiger charge is 2.06. The zero-order chi connectivity index (χ0) is 13.4. The second-order valence-electron chi connectivity index (χ2n) is 4.29. The van der Waals surface area contributed by atoms with E-state index < -0.39 is 0 Å². The summed E-state index contributed by atoms with van der Waals surface area (Å²) in [6.07, 6.45) is 7.04. The average molecular weight is 310 g/mol. The molecule has 1 N–H and O–H groups in total. The molecule has 2 nitrogen and oxygen atoms in total. The number of benzene rings is 1. The Balaban J connectivity index is 2.67. The standard InChI is InChI=1S/C15H20BrNO/c1-4-6-12(3)17-11-13-10-14(16)7-8-15(13)18-9-5-2/h1,7-8,10,12,17H,5-6,9,11H2,2-3H3. The van der Waals surface area contributed by atoms with Gasteiger partial charge in [-0.2, -0.15) is 0 Å². The summed E-state index contributed by atoms with van der Waals surface area (Å²) < 4.78 is 6.80. The summed E-state index contributed by atoms with van der Waals surface area (Å²) in [7, 11) is 0. The summed E-state index contributed by atoms with van der Waals surface area (Å²) in [6, 6.07) is 6.40. The van der Waals surface area contributed by atoms with Crippen molar-refractivity contribution in [2.45, 2.75) is 39.3 Å². The van der Waals surface area contributed by atoms with Crippen molar-refractivity contribution in [2.24, 2.45) is 0 Å². The van der Waals surface area contributed by atoms with Gasteiger partial charge in [-0.3, -0.25) is 0 Å². The lowest BCUT2D eigenvalue weighted by molar-refractivity contribution is 0.312. The van der Waals surface area contributed by atoms with Crippen molar-refractivity contribution >= 4 is 15.9 Å². The molecular formula is C15H20BrNO. The van der Waals surface area contributed by atoms with Gasteiger partial charge in [0, 0.05) is 29.0 Å². The van der Waals surface area contributed by atoms with Gasteiger partial charge >= 0.3 is 0 Å². The number of rotatable bonds is 7. The molecule has 18 heavy (non-hydrogen) atoms. The van der Waals surface area contributed by atoms with Crippen LogP contribution in [0.25, 0.3) is 0 Å². The molecule has 0 spiro atoms. The van der Waals surface area contributed by atoms with E-state index in [1.807, 2.05) is 12.1 Å². The first-order valence-electron chi connectivity index (χ1n) is 6.25. The Bertz CT molecular complexity index is 411. The van der Waals surface area contributed by atoms with Crippen LogP contribution in [0.3, 0.4) is 0 Å². The summed E-state index contributed by atoms with van der Waals surface area (Å²) in [6.45, 7) is 5.70. The first kappa shape index (κ1) is 15.1. The zero-order valence-corrected chi connectivity index (χ0v) is 12.6. The van der Waals surface area contributed by atoms with Gasteiger partial charge in [0.2, 0.25) is 0 Å². The van der Waals surface area contributed by atoms with Gasteiger partial charge in [0.1, 0.15) is 5.75 Å². The van der Waals surface area contributed by atoms with Crippen LogP contribution in [-0.4, -0.2) is 12.6 Å². The molecule has 1 atom stereocenters.